The molecule has 0 aliphatic heterocycles. The number of aryl methyl sites for hydroxylation is 2. The Morgan fingerprint density at radius 1 is 1.05 bits per heavy atom. The number of rotatable bonds is 7. The molecule has 0 heterocycles. The van der Waals surface area contributed by atoms with Gasteiger partial charge in [0.2, 0.25) is 0 Å². The fraction of sp³-hybridized carbons (Fsp3) is 0.400. The lowest BCUT2D eigenvalue weighted by molar-refractivity contribution is 0.169. The van der Waals surface area contributed by atoms with Crippen molar-refractivity contribution in [3.05, 3.63) is 59.7 Å². The molecule has 0 aliphatic rings. The second kappa shape index (κ2) is 8.00. The van der Waals surface area contributed by atoms with E-state index in [1.807, 2.05) is 18.2 Å². The number of hydrogen-bond acceptors (Lipinski definition) is 2. The minimum atomic E-state index is -0.305. The predicted molar refractivity (Wildman–Crippen MR) is 94.9 cm³/mol. The van der Waals surface area contributed by atoms with Gasteiger partial charge in [-0.2, -0.15) is 0 Å². The van der Waals surface area contributed by atoms with Gasteiger partial charge in [0, 0.05) is 17.9 Å². The van der Waals surface area contributed by atoms with Crippen LogP contribution in [0.3, 0.4) is 0 Å². The number of unbranched alkanes of at least 4 members (excludes halogenated alkanes) is 1. The number of para-hydroxylation sites is 1. The monoisotopic (exact) mass is 297 g/mol. The molecule has 2 aromatic rings. The molecule has 0 saturated heterocycles. The molecular formula is C20H27NO. The van der Waals surface area contributed by atoms with E-state index in [2.05, 4.69) is 56.0 Å². The summed E-state index contributed by atoms with van der Waals surface area (Å²) >= 11 is 0. The zero-order chi connectivity index (χ0) is 15.9. The highest BCUT2D eigenvalue weighted by atomic mass is 16.3. The summed E-state index contributed by atoms with van der Waals surface area (Å²) in [6.45, 7) is 7.04. The Morgan fingerprint density at radius 2 is 1.77 bits per heavy atom. The van der Waals surface area contributed by atoms with Gasteiger partial charge in [-0.1, -0.05) is 55.7 Å². The predicted octanol–water partition coefficient (Wildman–Crippen LogP) is 4.99. The van der Waals surface area contributed by atoms with Gasteiger partial charge >= 0.3 is 0 Å². The Balaban J connectivity index is 2.29. The molecule has 0 aliphatic carbocycles. The van der Waals surface area contributed by atoms with Crippen LogP contribution in [-0.4, -0.2) is 17.8 Å². The molecule has 1 N–H and O–H groups in total. The summed E-state index contributed by atoms with van der Waals surface area (Å²) in [7, 11) is 0. The van der Waals surface area contributed by atoms with Crippen molar-refractivity contribution in [1.29, 1.82) is 0 Å². The molecule has 2 rings (SSSR count). The summed E-state index contributed by atoms with van der Waals surface area (Å²) in [4.78, 5) is 2.23. The van der Waals surface area contributed by atoms with Crippen LogP contribution in [0.1, 0.15) is 37.3 Å². The average molecular weight is 297 g/mol. The van der Waals surface area contributed by atoms with Crippen LogP contribution < -0.4 is 4.90 Å². The number of anilines is 2. The lowest BCUT2D eigenvalue weighted by atomic mass is 10.1. The van der Waals surface area contributed by atoms with Crippen molar-refractivity contribution in [2.24, 2.45) is 0 Å². The maximum absolute atomic E-state index is 10.4. The number of aliphatic hydroxyl groups is 1. The average Bonchev–Trinajstić information content (AvgIpc) is 2.52. The highest BCUT2D eigenvalue weighted by Gasteiger charge is 2.16. The summed E-state index contributed by atoms with van der Waals surface area (Å²) in [5, 5.41) is 10.4. The van der Waals surface area contributed by atoms with Crippen molar-refractivity contribution in [1.82, 2.24) is 0 Å². The maximum atomic E-state index is 10.4. The first-order chi connectivity index (χ1) is 10.6. The van der Waals surface area contributed by atoms with Crippen molar-refractivity contribution in [2.75, 3.05) is 11.4 Å². The van der Waals surface area contributed by atoms with E-state index in [4.69, 9.17) is 0 Å². The van der Waals surface area contributed by atoms with Gasteiger partial charge in [-0.15, -0.1) is 0 Å². The quantitative estimate of drug-likeness (QED) is 0.778. The van der Waals surface area contributed by atoms with E-state index in [1.165, 1.54) is 16.8 Å². The lowest BCUT2D eigenvalue weighted by Gasteiger charge is -2.29. The van der Waals surface area contributed by atoms with Gasteiger partial charge in [0.25, 0.3) is 0 Å². The fourth-order valence-electron chi connectivity index (χ4n) is 2.80. The van der Waals surface area contributed by atoms with Crippen LogP contribution in [-0.2, 0) is 0 Å². The Hall–Kier alpha value is -1.80. The highest BCUT2D eigenvalue weighted by molar-refractivity contribution is 5.66. The molecule has 2 aromatic carbocycles. The molecule has 22 heavy (non-hydrogen) atoms. The molecule has 0 amide bonds. The molecule has 0 spiro atoms. The van der Waals surface area contributed by atoms with Crippen LogP contribution >= 0.6 is 0 Å². The van der Waals surface area contributed by atoms with Gasteiger partial charge in [0.1, 0.15) is 0 Å². The minimum absolute atomic E-state index is 0.305. The summed E-state index contributed by atoms with van der Waals surface area (Å²) in [5.74, 6) is 0. The van der Waals surface area contributed by atoms with Crippen LogP contribution in [0, 0.1) is 13.8 Å². The summed E-state index contributed by atoms with van der Waals surface area (Å²) < 4.78 is 0. The first-order valence-electron chi connectivity index (χ1n) is 8.19. The molecule has 1 atom stereocenters. The number of aliphatic hydroxyl groups excluding tert-OH is 1. The van der Waals surface area contributed by atoms with Crippen LogP contribution in [0.25, 0.3) is 0 Å². The van der Waals surface area contributed by atoms with Gasteiger partial charge in [-0.25, -0.2) is 0 Å². The van der Waals surface area contributed by atoms with Gasteiger partial charge in [-0.05, 0) is 44.0 Å². The molecule has 1 unspecified atom stereocenters. The van der Waals surface area contributed by atoms with E-state index in [1.54, 1.807) is 0 Å². The molecule has 2 nitrogen and oxygen atoms in total. The first kappa shape index (κ1) is 16.6. The molecule has 0 fully saturated rings. The molecule has 0 aromatic heterocycles. The standard InChI is InChI=1S/C20H27NO/c1-4-5-11-19(22)15-21(18-9-7-6-8-10-18)20-13-12-16(2)14-17(20)3/h6-10,12-14,19,22H,4-5,11,15H2,1-3H3. The van der Waals surface area contributed by atoms with Crippen molar-refractivity contribution in [3.63, 3.8) is 0 Å². The van der Waals surface area contributed by atoms with E-state index in [0.29, 0.717) is 6.54 Å². The zero-order valence-corrected chi connectivity index (χ0v) is 13.9. The van der Waals surface area contributed by atoms with Crippen LogP contribution in [0.15, 0.2) is 48.5 Å². The second-order valence-electron chi connectivity index (χ2n) is 6.03. The van der Waals surface area contributed by atoms with Gasteiger partial charge in [0.15, 0.2) is 0 Å². The van der Waals surface area contributed by atoms with Crippen LogP contribution in [0.4, 0.5) is 11.4 Å². The molecule has 0 saturated carbocycles. The highest BCUT2D eigenvalue weighted by Crippen LogP contribution is 2.29. The number of hydrogen-bond donors (Lipinski definition) is 1. The Morgan fingerprint density at radius 3 is 2.41 bits per heavy atom. The van der Waals surface area contributed by atoms with E-state index < -0.39 is 0 Å². The fourth-order valence-corrected chi connectivity index (χ4v) is 2.80. The summed E-state index contributed by atoms with van der Waals surface area (Å²) in [6, 6.07) is 16.8. The van der Waals surface area contributed by atoms with Crippen molar-refractivity contribution >= 4 is 11.4 Å². The second-order valence-corrected chi connectivity index (χ2v) is 6.03. The number of nitrogens with zero attached hydrogens (tertiary/aromatic N) is 1. The Labute approximate surface area is 134 Å². The van der Waals surface area contributed by atoms with Crippen molar-refractivity contribution < 1.29 is 5.11 Å². The zero-order valence-electron chi connectivity index (χ0n) is 13.9. The van der Waals surface area contributed by atoms with Crippen molar-refractivity contribution in [2.45, 2.75) is 46.1 Å². The summed E-state index contributed by atoms with van der Waals surface area (Å²) in [5.41, 5.74) is 4.81. The smallest absolute Gasteiger partial charge is 0.0719 e. The normalized spacial score (nSPS) is 12.2. The van der Waals surface area contributed by atoms with E-state index >= 15 is 0 Å². The van der Waals surface area contributed by atoms with Crippen molar-refractivity contribution in [3.8, 4) is 0 Å². The van der Waals surface area contributed by atoms with Crippen LogP contribution in [0.2, 0.25) is 0 Å². The molecule has 0 radical (unpaired) electrons. The van der Waals surface area contributed by atoms with Gasteiger partial charge < -0.3 is 10.0 Å². The van der Waals surface area contributed by atoms with Crippen LogP contribution in [0.5, 0.6) is 0 Å². The third kappa shape index (κ3) is 4.35. The molecule has 2 heteroatoms. The molecular weight excluding hydrogens is 270 g/mol. The topological polar surface area (TPSA) is 23.5 Å². The largest absolute Gasteiger partial charge is 0.391 e. The first-order valence-corrected chi connectivity index (χ1v) is 8.19. The van der Waals surface area contributed by atoms with Gasteiger partial charge in [-0.3, -0.25) is 0 Å². The van der Waals surface area contributed by atoms with E-state index in [9.17, 15) is 5.11 Å². The lowest BCUT2D eigenvalue weighted by Crippen LogP contribution is -2.29. The van der Waals surface area contributed by atoms with E-state index in [0.717, 1.165) is 24.9 Å². The SMILES string of the molecule is CCCCC(O)CN(c1ccccc1)c1ccc(C)cc1C. The third-order valence-corrected chi connectivity index (χ3v) is 4.00. The molecule has 118 valence electrons. The van der Waals surface area contributed by atoms with Gasteiger partial charge in [0.05, 0.1) is 6.10 Å². The summed E-state index contributed by atoms with van der Waals surface area (Å²) in [6.07, 6.45) is 2.73. The van der Waals surface area contributed by atoms with E-state index in [-0.39, 0.29) is 6.10 Å². The Bertz CT molecular complexity index is 580. The number of benzene rings is 2. The Kier molecular flexibility index (Phi) is 6.02. The minimum Gasteiger partial charge on any atom is -0.391 e. The maximum Gasteiger partial charge on any atom is 0.0719 e. The molecule has 0 bridgehead atoms. The third-order valence-electron chi connectivity index (χ3n) is 4.00.